The van der Waals surface area contributed by atoms with Crippen molar-refractivity contribution in [2.24, 2.45) is 0 Å². The molecule has 8 nitrogen and oxygen atoms in total. The highest BCUT2D eigenvalue weighted by Crippen LogP contribution is 2.36. The maximum Gasteiger partial charge on any atom is 0.262 e. The van der Waals surface area contributed by atoms with Crippen LogP contribution in [0.4, 0.5) is 11.4 Å². The molecule has 0 aliphatic heterocycles. The van der Waals surface area contributed by atoms with Gasteiger partial charge in [-0.15, -0.1) is 0 Å². The van der Waals surface area contributed by atoms with Crippen molar-refractivity contribution in [2.75, 3.05) is 38.6 Å². The van der Waals surface area contributed by atoms with Crippen molar-refractivity contribution >= 4 is 23.2 Å². The largest absolute Gasteiger partial charge is 0.494 e. The first-order valence-electron chi connectivity index (χ1n) is 9.73. The van der Waals surface area contributed by atoms with Gasteiger partial charge in [-0.1, -0.05) is 30.3 Å². The van der Waals surface area contributed by atoms with E-state index in [1.54, 1.807) is 60.7 Å². The molecule has 0 radical (unpaired) electrons. The quantitative estimate of drug-likeness (QED) is 0.527. The van der Waals surface area contributed by atoms with E-state index in [4.69, 9.17) is 18.9 Å². The smallest absolute Gasteiger partial charge is 0.262 e. The van der Waals surface area contributed by atoms with Crippen LogP contribution in [0.15, 0.2) is 66.7 Å². The minimum absolute atomic E-state index is 0.238. The van der Waals surface area contributed by atoms with Crippen LogP contribution in [0.25, 0.3) is 0 Å². The summed E-state index contributed by atoms with van der Waals surface area (Å²) in [4.78, 5) is 25.0. The minimum Gasteiger partial charge on any atom is -0.494 e. The number of benzene rings is 3. The number of methoxy groups -OCH3 is 3. The van der Waals surface area contributed by atoms with Crippen molar-refractivity contribution in [2.45, 2.75) is 0 Å². The fourth-order valence-electron chi connectivity index (χ4n) is 2.94. The van der Waals surface area contributed by atoms with Crippen molar-refractivity contribution in [1.82, 2.24) is 0 Å². The third-order valence-corrected chi connectivity index (χ3v) is 4.51. The van der Waals surface area contributed by atoms with Crippen LogP contribution in [-0.4, -0.2) is 39.8 Å². The second-order valence-corrected chi connectivity index (χ2v) is 6.56. The molecule has 0 bridgehead atoms. The first kappa shape index (κ1) is 22.5. The molecule has 0 saturated carbocycles. The van der Waals surface area contributed by atoms with Gasteiger partial charge in [-0.05, 0) is 24.3 Å². The summed E-state index contributed by atoms with van der Waals surface area (Å²) >= 11 is 0. The Labute approximate surface area is 186 Å². The molecule has 0 aromatic heterocycles. The van der Waals surface area contributed by atoms with Gasteiger partial charge in [0, 0.05) is 17.7 Å². The third kappa shape index (κ3) is 5.48. The maximum absolute atomic E-state index is 12.5. The molecular formula is C24H24N2O6. The van der Waals surface area contributed by atoms with Gasteiger partial charge in [0.25, 0.3) is 11.8 Å². The number of carbonyl (C=O) groups excluding carboxylic acids is 2. The van der Waals surface area contributed by atoms with Crippen molar-refractivity contribution in [3.63, 3.8) is 0 Å². The topological polar surface area (TPSA) is 95.1 Å². The van der Waals surface area contributed by atoms with Crippen LogP contribution >= 0.6 is 0 Å². The summed E-state index contributed by atoms with van der Waals surface area (Å²) < 4.78 is 21.5. The zero-order valence-corrected chi connectivity index (χ0v) is 18.0. The van der Waals surface area contributed by atoms with Gasteiger partial charge in [-0.3, -0.25) is 9.59 Å². The maximum atomic E-state index is 12.5. The highest BCUT2D eigenvalue weighted by Gasteiger charge is 2.16. The zero-order valence-electron chi connectivity index (χ0n) is 18.0. The number of para-hydroxylation sites is 2. The average Bonchev–Trinajstić information content (AvgIpc) is 2.83. The first-order chi connectivity index (χ1) is 15.5. The summed E-state index contributed by atoms with van der Waals surface area (Å²) in [6.07, 6.45) is 0. The van der Waals surface area contributed by atoms with Crippen molar-refractivity contribution in [3.8, 4) is 23.0 Å². The van der Waals surface area contributed by atoms with Crippen LogP contribution in [0, 0.1) is 0 Å². The Kier molecular flexibility index (Phi) is 7.53. The van der Waals surface area contributed by atoms with E-state index in [1.807, 2.05) is 6.07 Å². The Balaban J connectivity index is 1.73. The van der Waals surface area contributed by atoms with Crippen LogP contribution in [-0.2, 0) is 4.79 Å². The van der Waals surface area contributed by atoms with E-state index in [1.165, 1.54) is 21.3 Å². The molecule has 2 N–H and O–H groups in total. The monoisotopic (exact) mass is 436 g/mol. The number of rotatable bonds is 9. The zero-order chi connectivity index (χ0) is 22.9. The molecule has 3 aromatic carbocycles. The molecule has 0 spiro atoms. The fourth-order valence-corrected chi connectivity index (χ4v) is 2.94. The van der Waals surface area contributed by atoms with Crippen molar-refractivity contribution in [1.29, 1.82) is 0 Å². The molecule has 8 heteroatoms. The lowest BCUT2D eigenvalue weighted by Crippen LogP contribution is -2.21. The molecule has 166 valence electrons. The predicted molar refractivity (Wildman–Crippen MR) is 121 cm³/mol. The molecule has 0 fully saturated rings. The lowest BCUT2D eigenvalue weighted by Gasteiger charge is -2.16. The van der Waals surface area contributed by atoms with E-state index in [-0.39, 0.29) is 12.5 Å². The molecule has 0 aliphatic rings. The number of hydrogen-bond donors (Lipinski definition) is 2. The second kappa shape index (κ2) is 10.7. The third-order valence-electron chi connectivity index (χ3n) is 4.51. The molecule has 0 atom stereocenters. The SMILES string of the molecule is COc1cc(NC(=O)c2ccccc2)c(OC)cc1NC(=O)COc1ccccc1OC. The summed E-state index contributed by atoms with van der Waals surface area (Å²) in [6.45, 7) is -0.238. The summed E-state index contributed by atoms with van der Waals surface area (Å²) in [5.74, 6) is 0.979. The van der Waals surface area contributed by atoms with E-state index < -0.39 is 5.91 Å². The van der Waals surface area contributed by atoms with E-state index in [9.17, 15) is 9.59 Å². The fraction of sp³-hybridized carbons (Fsp3) is 0.167. The van der Waals surface area contributed by atoms with Crippen LogP contribution < -0.4 is 29.6 Å². The van der Waals surface area contributed by atoms with E-state index in [0.29, 0.717) is 39.9 Å². The Morgan fingerprint density at radius 3 is 1.81 bits per heavy atom. The van der Waals surface area contributed by atoms with E-state index >= 15 is 0 Å². The van der Waals surface area contributed by atoms with Gasteiger partial charge in [0.1, 0.15) is 11.5 Å². The van der Waals surface area contributed by atoms with Gasteiger partial charge in [-0.25, -0.2) is 0 Å². The number of carbonyl (C=O) groups is 2. The number of amides is 2. The first-order valence-corrected chi connectivity index (χ1v) is 9.73. The average molecular weight is 436 g/mol. The summed E-state index contributed by atoms with van der Waals surface area (Å²) in [5.41, 5.74) is 1.27. The summed E-state index contributed by atoms with van der Waals surface area (Å²) in [7, 11) is 4.46. The van der Waals surface area contributed by atoms with Gasteiger partial charge in [0.05, 0.1) is 32.7 Å². The van der Waals surface area contributed by atoms with Gasteiger partial charge in [0.15, 0.2) is 18.1 Å². The van der Waals surface area contributed by atoms with E-state index in [0.717, 1.165) is 0 Å². The second-order valence-electron chi connectivity index (χ2n) is 6.56. The van der Waals surface area contributed by atoms with Gasteiger partial charge in [0.2, 0.25) is 0 Å². The normalized spacial score (nSPS) is 10.1. The molecular weight excluding hydrogens is 412 g/mol. The molecule has 0 unspecified atom stereocenters. The standard InChI is InChI=1S/C24H24N2O6/c1-29-19-11-7-8-12-20(19)32-15-23(27)25-17-13-22(31-3)18(14-21(17)30-2)26-24(28)16-9-5-4-6-10-16/h4-14H,15H2,1-3H3,(H,25,27)(H,26,28). The Bertz CT molecular complexity index is 1090. The number of nitrogens with one attached hydrogen (secondary N) is 2. The van der Waals surface area contributed by atoms with Crippen LogP contribution in [0.1, 0.15) is 10.4 Å². The van der Waals surface area contributed by atoms with E-state index in [2.05, 4.69) is 10.6 Å². The number of hydrogen-bond acceptors (Lipinski definition) is 6. The molecule has 2 amide bonds. The molecule has 0 heterocycles. The lowest BCUT2D eigenvalue weighted by atomic mass is 10.2. The number of ether oxygens (including phenoxy) is 4. The Morgan fingerprint density at radius 2 is 1.22 bits per heavy atom. The van der Waals surface area contributed by atoms with Crippen LogP contribution in [0.5, 0.6) is 23.0 Å². The molecule has 32 heavy (non-hydrogen) atoms. The Hall–Kier alpha value is -4.20. The van der Waals surface area contributed by atoms with Crippen molar-refractivity contribution < 1.29 is 28.5 Å². The molecule has 3 rings (SSSR count). The number of anilines is 2. The summed E-state index contributed by atoms with van der Waals surface area (Å²) in [5, 5.41) is 5.53. The van der Waals surface area contributed by atoms with Gasteiger partial charge in [-0.2, -0.15) is 0 Å². The highest BCUT2D eigenvalue weighted by molar-refractivity contribution is 6.05. The molecule has 0 aliphatic carbocycles. The Morgan fingerprint density at radius 1 is 0.688 bits per heavy atom. The van der Waals surface area contributed by atoms with Gasteiger partial charge >= 0.3 is 0 Å². The van der Waals surface area contributed by atoms with Gasteiger partial charge < -0.3 is 29.6 Å². The lowest BCUT2D eigenvalue weighted by molar-refractivity contribution is -0.118. The van der Waals surface area contributed by atoms with Crippen LogP contribution in [0.3, 0.4) is 0 Å². The van der Waals surface area contributed by atoms with Crippen LogP contribution in [0.2, 0.25) is 0 Å². The molecule has 3 aromatic rings. The minimum atomic E-state index is -0.405. The highest BCUT2D eigenvalue weighted by atomic mass is 16.5. The summed E-state index contributed by atoms with van der Waals surface area (Å²) in [6, 6.07) is 19.0. The van der Waals surface area contributed by atoms with Crippen molar-refractivity contribution in [3.05, 3.63) is 72.3 Å². The molecule has 0 saturated heterocycles. The predicted octanol–water partition coefficient (Wildman–Crippen LogP) is 3.98.